The molecule has 0 saturated carbocycles. The van der Waals surface area contributed by atoms with E-state index in [4.69, 9.17) is 5.26 Å². The van der Waals surface area contributed by atoms with Crippen LogP contribution in [0, 0.1) is 23.1 Å². The number of para-hydroxylation sites is 1. The molecular formula is C14H18FN3. The van der Waals surface area contributed by atoms with Crippen molar-refractivity contribution >= 4 is 5.69 Å². The Kier molecular flexibility index (Phi) is 4.16. The normalized spacial score (nSPS) is 18.4. The summed E-state index contributed by atoms with van der Waals surface area (Å²) in [6.45, 7) is 6.16. The molecule has 1 fully saturated rings. The van der Waals surface area contributed by atoms with Crippen LogP contribution in [-0.4, -0.2) is 37.6 Å². The van der Waals surface area contributed by atoms with Crippen LogP contribution in [0.25, 0.3) is 0 Å². The number of piperazine rings is 1. The first kappa shape index (κ1) is 12.8. The number of anilines is 1. The molecule has 1 heterocycles. The molecule has 1 aromatic carbocycles. The van der Waals surface area contributed by atoms with Crippen molar-refractivity contribution in [1.29, 1.82) is 5.26 Å². The molecule has 3 nitrogen and oxygen atoms in total. The van der Waals surface area contributed by atoms with E-state index < -0.39 is 0 Å². The second kappa shape index (κ2) is 5.83. The number of benzene rings is 1. The van der Waals surface area contributed by atoms with Crippen molar-refractivity contribution in [1.82, 2.24) is 4.90 Å². The quantitative estimate of drug-likeness (QED) is 0.819. The molecule has 0 N–H and O–H groups in total. The molecule has 0 aromatic heterocycles. The van der Waals surface area contributed by atoms with Gasteiger partial charge in [0, 0.05) is 32.7 Å². The fourth-order valence-electron chi connectivity index (χ4n) is 2.31. The molecule has 1 aromatic rings. The summed E-state index contributed by atoms with van der Waals surface area (Å²) in [6, 6.07) is 9.15. The average molecular weight is 247 g/mol. The maximum atomic E-state index is 13.6. The van der Waals surface area contributed by atoms with Crippen LogP contribution in [-0.2, 0) is 0 Å². The summed E-state index contributed by atoms with van der Waals surface area (Å²) < 4.78 is 13.6. The van der Waals surface area contributed by atoms with Crippen LogP contribution in [0.5, 0.6) is 0 Å². The predicted molar refractivity (Wildman–Crippen MR) is 69.8 cm³/mol. The number of nitrogens with zero attached hydrogens (tertiary/aromatic N) is 3. The highest BCUT2D eigenvalue weighted by molar-refractivity contribution is 5.47. The third-order valence-electron chi connectivity index (χ3n) is 3.32. The van der Waals surface area contributed by atoms with E-state index in [1.165, 1.54) is 6.07 Å². The molecule has 0 aliphatic carbocycles. The molecule has 0 radical (unpaired) electrons. The Balaban J connectivity index is 1.91. The molecule has 0 bridgehead atoms. The number of nitriles is 1. The molecule has 18 heavy (non-hydrogen) atoms. The molecule has 1 aliphatic rings. The minimum absolute atomic E-state index is 0.0602. The second-order valence-corrected chi connectivity index (χ2v) is 4.77. The Labute approximate surface area is 107 Å². The number of hydrogen-bond donors (Lipinski definition) is 0. The van der Waals surface area contributed by atoms with Crippen molar-refractivity contribution in [3.8, 4) is 6.07 Å². The van der Waals surface area contributed by atoms with Crippen LogP contribution < -0.4 is 4.90 Å². The van der Waals surface area contributed by atoms with Crippen molar-refractivity contribution in [2.45, 2.75) is 6.92 Å². The maximum absolute atomic E-state index is 13.6. The first-order valence-corrected chi connectivity index (χ1v) is 6.32. The van der Waals surface area contributed by atoms with Crippen molar-refractivity contribution in [3.63, 3.8) is 0 Å². The smallest absolute Gasteiger partial charge is 0.146 e. The lowest BCUT2D eigenvalue weighted by molar-refractivity contribution is 0.241. The van der Waals surface area contributed by atoms with Gasteiger partial charge in [0.2, 0.25) is 0 Å². The van der Waals surface area contributed by atoms with Crippen molar-refractivity contribution in [3.05, 3.63) is 30.1 Å². The molecule has 2 rings (SSSR count). The van der Waals surface area contributed by atoms with E-state index >= 15 is 0 Å². The van der Waals surface area contributed by atoms with Crippen molar-refractivity contribution < 1.29 is 4.39 Å². The van der Waals surface area contributed by atoms with Crippen LogP contribution in [0.3, 0.4) is 0 Å². The first-order chi connectivity index (χ1) is 8.70. The van der Waals surface area contributed by atoms with Gasteiger partial charge in [-0.2, -0.15) is 5.26 Å². The summed E-state index contributed by atoms with van der Waals surface area (Å²) in [4.78, 5) is 4.34. The van der Waals surface area contributed by atoms with Gasteiger partial charge in [0.15, 0.2) is 0 Å². The van der Waals surface area contributed by atoms with E-state index in [1.807, 2.05) is 19.1 Å². The van der Waals surface area contributed by atoms with Crippen LogP contribution >= 0.6 is 0 Å². The van der Waals surface area contributed by atoms with Gasteiger partial charge in [0.05, 0.1) is 17.7 Å². The van der Waals surface area contributed by atoms with Gasteiger partial charge in [0.1, 0.15) is 5.82 Å². The molecule has 0 amide bonds. The monoisotopic (exact) mass is 247 g/mol. The third kappa shape index (κ3) is 2.99. The van der Waals surface area contributed by atoms with E-state index in [0.717, 1.165) is 32.7 Å². The zero-order chi connectivity index (χ0) is 13.0. The van der Waals surface area contributed by atoms with Gasteiger partial charge in [-0.15, -0.1) is 0 Å². The van der Waals surface area contributed by atoms with E-state index in [0.29, 0.717) is 5.69 Å². The van der Waals surface area contributed by atoms with Crippen molar-refractivity contribution in [2.75, 3.05) is 37.6 Å². The lowest BCUT2D eigenvalue weighted by Crippen LogP contribution is -2.47. The SMILES string of the molecule is CC(C#N)CN1CCN(c2ccccc2F)CC1. The van der Waals surface area contributed by atoms with Crippen LogP contribution in [0.4, 0.5) is 10.1 Å². The predicted octanol–water partition coefficient (Wildman–Crippen LogP) is 2.11. The highest BCUT2D eigenvalue weighted by Crippen LogP contribution is 2.20. The highest BCUT2D eigenvalue weighted by Gasteiger charge is 2.20. The summed E-state index contributed by atoms with van der Waals surface area (Å²) in [5, 5.41) is 8.80. The Bertz CT molecular complexity index is 433. The van der Waals surface area contributed by atoms with E-state index in [1.54, 1.807) is 6.07 Å². The number of halogens is 1. The fraction of sp³-hybridized carbons (Fsp3) is 0.500. The van der Waals surface area contributed by atoms with Gasteiger partial charge < -0.3 is 4.90 Å². The lowest BCUT2D eigenvalue weighted by atomic mass is 10.1. The molecule has 1 aliphatic heterocycles. The Morgan fingerprint density at radius 3 is 2.56 bits per heavy atom. The van der Waals surface area contributed by atoms with Crippen LogP contribution in [0.2, 0.25) is 0 Å². The highest BCUT2D eigenvalue weighted by atomic mass is 19.1. The Morgan fingerprint density at radius 2 is 1.94 bits per heavy atom. The summed E-state index contributed by atoms with van der Waals surface area (Å²) >= 11 is 0. The van der Waals surface area contributed by atoms with E-state index in [-0.39, 0.29) is 11.7 Å². The largest absolute Gasteiger partial charge is 0.367 e. The van der Waals surface area contributed by atoms with E-state index in [2.05, 4.69) is 15.9 Å². The number of hydrogen-bond acceptors (Lipinski definition) is 3. The van der Waals surface area contributed by atoms with Gasteiger partial charge in [0.25, 0.3) is 0 Å². The minimum Gasteiger partial charge on any atom is -0.367 e. The van der Waals surface area contributed by atoms with Gasteiger partial charge in [-0.1, -0.05) is 12.1 Å². The summed E-state index contributed by atoms with van der Waals surface area (Å²) in [5.74, 6) is -0.0960. The summed E-state index contributed by atoms with van der Waals surface area (Å²) in [6.07, 6.45) is 0. The first-order valence-electron chi connectivity index (χ1n) is 6.32. The lowest BCUT2D eigenvalue weighted by Gasteiger charge is -2.36. The Morgan fingerprint density at radius 1 is 1.28 bits per heavy atom. The molecule has 4 heteroatoms. The third-order valence-corrected chi connectivity index (χ3v) is 3.32. The van der Waals surface area contributed by atoms with Gasteiger partial charge in [-0.05, 0) is 19.1 Å². The zero-order valence-corrected chi connectivity index (χ0v) is 10.6. The summed E-state index contributed by atoms with van der Waals surface area (Å²) in [7, 11) is 0. The van der Waals surface area contributed by atoms with Gasteiger partial charge >= 0.3 is 0 Å². The van der Waals surface area contributed by atoms with E-state index in [9.17, 15) is 4.39 Å². The molecule has 1 saturated heterocycles. The standard InChI is InChI=1S/C14H18FN3/c1-12(10-16)11-17-6-8-18(9-7-17)14-5-3-2-4-13(14)15/h2-5,12H,6-9,11H2,1H3. The molecule has 1 atom stereocenters. The summed E-state index contributed by atoms with van der Waals surface area (Å²) in [5.41, 5.74) is 0.686. The maximum Gasteiger partial charge on any atom is 0.146 e. The van der Waals surface area contributed by atoms with Gasteiger partial charge in [-0.25, -0.2) is 4.39 Å². The molecule has 0 spiro atoms. The van der Waals surface area contributed by atoms with Crippen molar-refractivity contribution in [2.24, 2.45) is 5.92 Å². The van der Waals surface area contributed by atoms with Crippen LogP contribution in [0.15, 0.2) is 24.3 Å². The molecular weight excluding hydrogens is 229 g/mol. The average Bonchev–Trinajstić information content (AvgIpc) is 2.40. The fourth-order valence-corrected chi connectivity index (χ4v) is 2.31. The zero-order valence-electron chi connectivity index (χ0n) is 10.6. The minimum atomic E-state index is -0.156. The number of rotatable bonds is 3. The Hall–Kier alpha value is -1.60. The molecule has 1 unspecified atom stereocenters. The topological polar surface area (TPSA) is 30.3 Å². The second-order valence-electron chi connectivity index (χ2n) is 4.77. The molecule has 96 valence electrons. The van der Waals surface area contributed by atoms with Gasteiger partial charge in [-0.3, -0.25) is 4.90 Å². The van der Waals surface area contributed by atoms with Crippen LogP contribution in [0.1, 0.15) is 6.92 Å².